The maximum absolute atomic E-state index is 13.1. The Balaban J connectivity index is 1.59. The molecule has 6 heteroatoms. The fourth-order valence-electron chi connectivity index (χ4n) is 3.58. The monoisotopic (exact) mass is 352 g/mol. The smallest absolute Gasteiger partial charge is 0.255 e. The lowest BCUT2D eigenvalue weighted by Gasteiger charge is -2.21. The molecule has 0 radical (unpaired) electrons. The highest BCUT2D eigenvalue weighted by molar-refractivity contribution is 5.97. The summed E-state index contributed by atoms with van der Waals surface area (Å²) in [5, 5.41) is 7.40. The van der Waals surface area contributed by atoms with Crippen LogP contribution in [0.3, 0.4) is 0 Å². The third-order valence-electron chi connectivity index (χ3n) is 5.00. The summed E-state index contributed by atoms with van der Waals surface area (Å²) >= 11 is 0. The number of nitrogens with zero attached hydrogens (tertiary/aromatic N) is 3. The maximum atomic E-state index is 13.1. The number of hydrogen-bond acceptors (Lipinski definition) is 3. The van der Waals surface area contributed by atoms with E-state index in [-0.39, 0.29) is 11.8 Å². The summed E-state index contributed by atoms with van der Waals surface area (Å²) in [6.45, 7) is 5.81. The molecule has 1 N–H and O–H groups in total. The summed E-state index contributed by atoms with van der Waals surface area (Å²) < 4.78 is 1.87. The van der Waals surface area contributed by atoms with Crippen molar-refractivity contribution in [1.82, 2.24) is 20.0 Å². The van der Waals surface area contributed by atoms with Gasteiger partial charge in [0.05, 0.1) is 24.0 Å². The molecule has 2 aliphatic rings. The second kappa shape index (κ2) is 6.59. The molecule has 1 saturated carbocycles. The van der Waals surface area contributed by atoms with Gasteiger partial charge in [0.2, 0.25) is 0 Å². The highest BCUT2D eigenvalue weighted by atomic mass is 16.2. The standard InChI is InChI=1S/C20H24N4O2/c1-13-8-14(2)10-15(9-13)20(26)23-6-3-7-24-18(12-23)17(11-21-24)19(25)22-16-4-5-16/h8-11,16H,3-7,12H2,1-2H3,(H,22,25). The van der Waals surface area contributed by atoms with Crippen molar-refractivity contribution in [2.45, 2.75) is 52.2 Å². The average molecular weight is 352 g/mol. The van der Waals surface area contributed by atoms with Crippen LogP contribution in [-0.2, 0) is 13.1 Å². The summed E-state index contributed by atoms with van der Waals surface area (Å²) in [6.07, 6.45) is 4.56. The van der Waals surface area contributed by atoms with Gasteiger partial charge in [-0.05, 0) is 45.2 Å². The van der Waals surface area contributed by atoms with E-state index in [0.29, 0.717) is 30.3 Å². The van der Waals surface area contributed by atoms with E-state index in [1.54, 1.807) is 6.20 Å². The van der Waals surface area contributed by atoms with Gasteiger partial charge in [0.25, 0.3) is 11.8 Å². The van der Waals surface area contributed by atoms with E-state index in [2.05, 4.69) is 16.5 Å². The predicted octanol–water partition coefficient (Wildman–Crippen LogP) is 2.44. The first-order valence-electron chi connectivity index (χ1n) is 9.24. The average Bonchev–Trinajstić information content (AvgIpc) is 3.35. The van der Waals surface area contributed by atoms with E-state index in [4.69, 9.17) is 0 Å². The van der Waals surface area contributed by atoms with E-state index in [1.165, 1.54) is 0 Å². The highest BCUT2D eigenvalue weighted by Crippen LogP contribution is 2.22. The van der Waals surface area contributed by atoms with Crippen molar-refractivity contribution in [3.8, 4) is 0 Å². The van der Waals surface area contributed by atoms with E-state index in [1.807, 2.05) is 35.6 Å². The summed E-state index contributed by atoms with van der Waals surface area (Å²) in [5.41, 5.74) is 4.30. The molecular formula is C20H24N4O2. The van der Waals surface area contributed by atoms with Crippen molar-refractivity contribution in [3.05, 3.63) is 52.3 Å². The fourth-order valence-corrected chi connectivity index (χ4v) is 3.58. The molecule has 0 bridgehead atoms. The molecule has 2 amide bonds. The van der Waals surface area contributed by atoms with Gasteiger partial charge < -0.3 is 10.2 Å². The molecule has 1 aliphatic carbocycles. The van der Waals surface area contributed by atoms with Crippen LogP contribution in [0.15, 0.2) is 24.4 Å². The van der Waals surface area contributed by atoms with Crippen LogP contribution in [0.4, 0.5) is 0 Å². The van der Waals surface area contributed by atoms with Crippen LogP contribution in [0.25, 0.3) is 0 Å². The van der Waals surface area contributed by atoms with Crippen molar-refractivity contribution in [1.29, 1.82) is 0 Å². The zero-order valence-corrected chi connectivity index (χ0v) is 15.3. The lowest BCUT2D eigenvalue weighted by atomic mass is 10.1. The quantitative estimate of drug-likeness (QED) is 0.923. The molecule has 4 rings (SSSR count). The van der Waals surface area contributed by atoms with Gasteiger partial charge >= 0.3 is 0 Å². The highest BCUT2D eigenvalue weighted by Gasteiger charge is 2.29. The first-order valence-corrected chi connectivity index (χ1v) is 9.24. The number of amides is 2. The summed E-state index contributed by atoms with van der Waals surface area (Å²) in [7, 11) is 0. The molecule has 2 heterocycles. The first-order chi connectivity index (χ1) is 12.5. The number of aryl methyl sites for hydroxylation is 3. The fraction of sp³-hybridized carbons (Fsp3) is 0.450. The predicted molar refractivity (Wildman–Crippen MR) is 98.0 cm³/mol. The van der Waals surface area contributed by atoms with Gasteiger partial charge in [-0.25, -0.2) is 0 Å². The number of nitrogens with one attached hydrogen (secondary N) is 1. The molecule has 0 unspecified atom stereocenters. The molecule has 0 atom stereocenters. The molecule has 6 nitrogen and oxygen atoms in total. The summed E-state index contributed by atoms with van der Waals surface area (Å²) in [4.78, 5) is 27.4. The van der Waals surface area contributed by atoms with Crippen LogP contribution in [0.2, 0.25) is 0 Å². The number of benzene rings is 1. The van der Waals surface area contributed by atoms with Gasteiger partial charge in [0.1, 0.15) is 0 Å². The molecule has 1 aliphatic heterocycles. The van der Waals surface area contributed by atoms with E-state index >= 15 is 0 Å². The third kappa shape index (κ3) is 3.36. The van der Waals surface area contributed by atoms with Crippen LogP contribution in [0.1, 0.15) is 56.8 Å². The second-order valence-electron chi connectivity index (χ2n) is 7.43. The number of fused-ring (bicyclic) bond motifs is 1. The van der Waals surface area contributed by atoms with Crippen LogP contribution in [-0.4, -0.2) is 39.1 Å². The Labute approximate surface area is 153 Å². The Morgan fingerprint density at radius 3 is 2.54 bits per heavy atom. The summed E-state index contributed by atoms with van der Waals surface area (Å²) in [6, 6.07) is 6.22. The van der Waals surface area contributed by atoms with Gasteiger partial charge in [0.15, 0.2) is 0 Å². The van der Waals surface area contributed by atoms with Crippen LogP contribution in [0, 0.1) is 13.8 Å². The number of carbonyl (C=O) groups is 2. The maximum Gasteiger partial charge on any atom is 0.255 e. The number of rotatable bonds is 3. The third-order valence-corrected chi connectivity index (χ3v) is 5.00. The molecule has 1 aromatic carbocycles. The molecule has 1 aromatic heterocycles. The minimum atomic E-state index is -0.0746. The molecule has 26 heavy (non-hydrogen) atoms. The number of aromatic nitrogens is 2. The largest absolute Gasteiger partial charge is 0.349 e. The minimum Gasteiger partial charge on any atom is -0.349 e. The SMILES string of the molecule is Cc1cc(C)cc(C(=O)N2CCCn3ncc(C(=O)NC4CC4)c3C2)c1. The van der Waals surface area contributed by atoms with Crippen molar-refractivity contribution < 1.29 is 9.59 Å². The van der Waals surface area contributed by atoms with Gasteiger partial charge in [-0.1, -0.05) is 17.2 Å². The van der Waals surface area contributed by atoms with Gasteiger partial charge in [-0.3, -0.25) is 14.3 Å². The van der Waals surface area contributed by atoms with E-state index < -0.39 is 0 Å². The zero-order valence-electron chi connectivity index (χ0n) is 15.3. The first kappa shape index (κ1) is 16.8. The van der Waals surface area contributed by atoms with Crippen molar-refractivity contribution >= 4 is 11.8 Å². The van der Waals surface area contributed by atoms with Crippen molar-refractivity contribution in [3.63, 3.8) is 0 Å². The number of carbonyl (C=O) groups excluding carboxylic acids is 2. The van der Waals surface area contributed by atoms with Crippen molar-refractivity contribution in [2.24, 2.45) is 0 Å². The Morgan fingerprint density at radius 2 is 1.85 bits per heavy atom. The molecule has 1 fully saturated rings. The van der Waals surface area contributed by atoms with E-state index in [0.717, 1.165) is 42.6 Å². The Morgan fingerprint density at radius 1 is 1.12 bits per heavy atom. The molecule has 0 saturated heterocycles. The molecule has 2 aromatic rings. The van der Waals surface area contributed by atoms with Gasteiger partial charge in [-0.15, -0.1) is 0 Å². The second-order valence-corrected chi connectivity index (χ2v) is 7.43. The molecule has 0 spiro atoms. The van der Waals surface area contributed by atoms with Gasteiger partial charge in [-0.2, -0.15) is 5.10 Å². The Kier molecular flexibility index (Phi) is 4.26. The molecular weight excluding hydrogens is 328 g/mol. The van der Waals surface area contributed by atoms with Crippen molar-refractivity contribution in [2.75, 3.05) is 6.54 Å². The summed E-state index contributed by atoms with van der Waals surface area (Å²) in [5.74, 6) is -0.0607. The zero-order chi connectivity index (χ0) is 18.3. The number of hydrogen-bond donors (Lipinski definition) is 1. The van der Waals surface area contributed by atoms with Crippen LogP contribution in [0.5, 0.6) is 0 Å². The Hall–Kier alpha value is -2.63. The Bertz CT molecular complexity index is 846. The van der Waals surface area contributed by atoms with Crippen LogP contribution < -0.4 is 5.32 Å². The lowest BCUT2D eigenvalue weighted by Crippen LogP contribution is -2.32. The lowest BCUT2D eigenvalue weighted by molar-refractivity contribution is 0.0743. The minimum absolute atomic E-state index is 0.0139. The normalized spacial score (nSPS) is 16.8. The topological polar surface area (TPSA) is 67.2 Å². The van der Waals surface area contributed by atoms with Crippen LogP contribution >= 0.6 is 0 Å². The molecule has 136 valence electrons. The van der Waals surface area contributed by atoms with Gasteiger partial charge in [0, 0.05) is 24.7 Å². The van der Waals surface area contributed by atoms with E-state index in [9.17, 15) is 9.59 Å².